The molecule has 0 atom stereocenters. The largest absolute Gasteiger partial charge is 0.453 e. The molecule has 13 heavy (non-hydrogen) atoms. The lowest BCUT2D eigenvalue weighted by atomic mass is 10.1. The van der Waals surface area contributed by atoms with E-state index in [0.717, 1.165) is 22.9 Å². The molecule has 2 heterocycles. The number of ether oxygens (including phenoxy) is 2. The van der Waals surface area contributed by atoms with Crippen LogP contribution in [0.15, 0.2) is 6.07 Å². The maximum absolute atomic E-state index is 5.31. The molecule has 1 aliphatic rings. The van der Waals surface area contributed by atoms with E-state index in [1.807, 2.05) is 13.0 Å². The molecule has 0 aromatic carbocycles. The number of hydrogen-bond donors (Lipinski definition) is 0. The molecule has 1 aliphatic heterocycles. The third-order valence-electron chi connectivity index (χ3n) is 2.14. The fourth-order valence-corrected chi connectivity index (χ4v) is 1.39. The van der Waals surface area contributed by atoms with Gasteiger partial charge in [0.2, 0.25) is 6.79 Å². The molecule has 0 unspecified atom stereocenters. The van der Waals surface area contributed by atoms with Crippen LogP contribution in [0.4, 0.5) is 0 Å². The summed E-state index contributed by atoms with van der Waals surface area (Å²) >= 11 is 0. The highest BCUT2D eigenvalue weighted by molar-refractivity contribution is 5.46. The van der Waals surface area contributed by atoms with Crippen molar-refractivity contribution in [2.75, 3.05) is 6.79 Å². The number of fused-ring (bicyclic) bond motifs is 1. The first kappa shape index (κ1) is 8.35. The van der Waals surface area contributed by atoms with Crippen molar-refractivity contribution in [2.45, 2.75) is 26.7 Å². The van der Waals surface area contributed by atoms with Gasteiger partial charge in [-0.15, -0.1) is 0 Å². The molecule has 0 fully saturated rings. The Kier molecular flexibility index (Phi) is 1.87. The van der Waals surface area contributed by atoms with Crippen molar-refractivity contribution in [2.24, 2.45) is 0 Å². The molecule has 0 spiro atoms. The average Bonchev–Trinajstić information content (AvgIpc) is 2.51. The van der Waals surface area contributed by atoms with Gasteiger partial charge in [0.1, 0.15) is 0 Å². The highest BCUT2D eigenvalue weighted by Crippen LogP contribution is 2.35. The summed E-state index contributed by atoms with van der Waals surface area (Å²) in [5.74, 6) is 2.05. The van der Waals surface area contributed by atoms with E-state index >= 15 is 0 Å². The normalized spacial score (nSPS) is 13.8. The van der Waals surface area contributed by atoms with Gasteiger partial charge >= 0.3 is 0 Å². The number of nitrogens with zero attached hydrogens (tertiary/aromatic N) is 1. The number of aryl methyl sites for hydroxylation is 1. The van der Waals surface area contributed by atoms with Gasteiger partial charge in [-0.05, 0) is 12.8 Å². The summed E-state index contributed by atoms with van der Waals surface area (Å²) in [6.45, 7) is 6.49. The van der Waals surface area contributed by atoms with Crippen molar-refractivity contribution in [3.63, 3.8) is 0 Å². The lowest BCUT2D eigenvalue weighted by Crippen LogP contribution is -1.95. The zero-order valence-electron chi connectivity index (χ0n) is 8.13. The van der Waals surface area contributed by atoms with Crippen molar-refractivity contribution in [1.29, 1.82) is 0 Å². The fourth-order valence-electron chi connectivity index (χ4n) is 1.39. The zero-order chi connectivity index (χ0) is 9.42. The SMILES string of the molecule is Cc1nc(C(C)C)cc2c1OCO2. The van der Waals surface area contributed by atoms with Crippen LogP contribution in [-0.4, -0.2) is 11.8 Å². The molecule has 70 valence electrons. The molecule has 0 saturated heterocycles. The number of pyridine rings is 1. The van der Waals surface area contributed by atoms with Gasteiger partial charge in [0.15, 0.2) is 11.5 Å². The molecule has 0 amide bonds. The van der Waals surface area contributed by atoms with Gasteiger partial charge in [-0.25, -0.2) is 0 Å². The molecule has 0 saturated carbocycles. The Morgan fingerprint density at radius 2 is 2.15 bits per heavy atom. The second-order valence-electron chi connectivity index (χ2n) is 3.52. The third kappa shape index (κ3) is 1.34. The zero-order valence-corrected chi connectivity index (χ0v) is 8.13. The van der Waals surface area contributed by atoms with E-state index in [1.54, 1.807) is 0 Å². The lowest BCUT2D eigenvalue weighted by molar-refractivity contribution is 0.173. The highest BCUT2D eigenvalue weighted by atomic mass is 16.7. The minimum absolute atomic E-state index is 0.319. The fraction of sp³-hybridized carbons (Fsp3) is 0.500. The number of aromatic nitrogens is 1. The first-order valence-corrected chi connectivity index (χ1v) is 4.45. The molecular weight excluding hydrogens is 166 g/mol. The predicted molar refractivity (Wildman–Crippen MR) is 49.2 cm³/mol. The quantitative estimate of drug-likeness (QED) is 0.662. The maximum Gasteiger partial charge on any atom is 0.231 e. The van der Waals surface area contributed by atoms with E-state index in [4.69, 9.17) is 9.47 Å². The van der Waals surface area contributed by atoms with Crippen LogP contribution in [0.25, 0.3) is 0 Å². The summed E-state index contributed by atoms with van der Waals surface area (Å²) in [4.78, 5) is 4.44. The minimum atomic E-state index is 0.319. The molecule has 0 aliphatic carbocycles. The third-order valence-corrected chi connectivity index (χ3v) is 2.14. The van der Waals surface area contributed by atoms with Crippen molar-refractivity contribution in [3.05, 3.63) is 17.5 Å². The van der Waals surface area contributed by atoms with E-state index in [-0.39, 0.29) is 0 Å². The lowest BCUT2D eigenvalue weighted by Gasteiger charge is -2.07. The molecular formula is C10H13NO2. The van der Waals surface area contributed by atoms with Crippen LogP contribution in [0.1, 0.15) is 31.2 Å². The summed E-state index contributed by atoms with van der Waals surface area (Å²) in [7, 11) is 0. The van der Waals surface area contributed by atoms with Gasteiger partial charge in [-0.3, -0.25) is 4.98 Å². The van der Waals surface area contributed by atoms with Crippen LogP contribution >= 0.6 is 0 Å². The average molecular weight is 179 g/mol. The Balaban J connectivity index is 2.49. The van der Waals surface area contributed by atoms with E-state index in [2.05, 4.69) is 18.8 Å². The van der Waals surface area contributed by atoms with Crippen molar-refractivity contribution in [3.8, 4) is 11.5 Å². The van der Waals surface area contributed by atoms with Gasteiger partial charge in [0.05, 0.1) is 5.69 Å². The standard InChI is InChI=1S/C10H13NO2/c1-6(2)8-4-9-10(7(3)11-8)13-5-12-9/h4,6H,5H2,1-3H3. The van der Waals surface area contributed by atoms with Crippen molar-refractivity contribution >= 4 is 0 Å². The molecule has 1 aromatic rings. The van der Waals surface area contributed by atoms with Gasteiger partial charge < -0.3 is 9.47 Å². The first-order chi connectivity index (χ1) is 6.18. The van der Waals surface area contributed by atoms with Gasteiger partial charge in [0, 0.05) is 11.8 Å². The Labute approximate surface area is 77.7 Å². The Hall–Kier alpha value is -1.25. The summed E-state index contributed by atoms with van der Waals surface area (Å²) in [5.41, 5.74) is 1.97. The molecule has 0 radical (unpaired) electrons. The van der Waals surface area contributed by atoms with Crippen molar-refractivity contribution in [1.82, 2.24) is 4.98 Å². The Morgan fingerprint density at radius 1 is 1.38 bits per heavy atom. The predicted octanol–water partition coefficient (Wildman–Crippen LogP) is 2.24. The second-order valence-corrected chi connectivity index (χ2v) is 3.52. The van der Waals surface area contributed by atoms with E-state index in [9.17, 15) is 0 Å². The van der Waals surface area contributed by atoms with Crippen LogP contribution in [-0.2, 0) is 0 Å². The number of hydrogen-bond acceptors (Lipinski definition) is 3. The molecule has 0 N–H and O–H groups in total. The van der Waals surface area contributed by atoms with Crippen LogP contribution < -0.4 is 9.47 Å². The minimum Gasteiger partial charge on any atom is -0.453 e. The van der Waals surface area contributed by atoms with Gasteiger partial charge in [-0.1, -0.05) is 13.8 Å². The monoisotopic (exact) mass is 179 g/mol. The summed E-state index contributed by atoms with van der Waals surface area (Å²) in [5, 5.41) is 0. The van der Waals surface area contributed by atoms with Gasteiger partial charge in [-0.2, -0.15) is 0 Å². The first-order valence-electron chi connectivity index (χ1n) is 4.45. The topological polar surface area (TPSA) is 31.4 Å². The molecule has 3 nitrogen and oxygen atoms in total. The second kappa shape index (κ2) is 2.91. The Morgan fingerprint density at radius 3 is 2.85 bits per heavy atom. The highest BCUT2D eigenvalue weighted by Gasteiger charge is 2.18. The molecule has 0 bridgehead atoms. The molecule has 2 rings (SSSR count). The number of rotatable bonds is 1. The van der Waals surface area contributed by atoms with Crippen LogP contribution in [0.2, 0.25) is 0 Å². The van der Waals surface area contributed by atoms with Gasteiger partial charge in [0.25, 0.3) is 0 Å². The van der Waals surface area contributed by atoms with E-state index < -0.39 is 0 Å². The molecule has 3 heteroatoms. The Bertz CT molecular complexity index is 334. The van der Waals surface area contributed by atoms with Crippen LogP contribution in [0, 0.1) is 6.92 Å². The van der Waals surface area contributed by atoms with Crippen LogP contribution in [0.5, 0.6) is 11.5 Å². The summed E-state index contributed by atoms with van der Waals surface area (Å²) in [6.07, 6.45) is 0. The smallest absolute Gasteiger partial charge is 0.231 e. The van der Waals surface area contributed by atoms with E-state index in [0.29, 0.717) is 12.7 Å². The van der Waals surface area contributed by atoms with Crippen LogP contribution in [0.3, 0.4) is 0 Å². The van der Waals surface area contributed by atoms with E-state index in [1.165, 1.54) is 0 Å². The maximum atomic E-state index is 5.31. The molecule has 1 aromatic heterocycles. The summed E-state index contributed by atoms with van der Waals surface area (Å²) < 4.78 is 10.6. The van der Waals surface area contributed by atoms with Crippen molar-refractivity contribution < 1.29 is 9.47 Å². The summed E-state index contributed by atoms with van der Waals surface area (Å²) in [6, 6.07) is 1.96.